The van der Waals surface area contributed by atoms with Crippen LogP contribution >= 0.6 is 0 Å². The molecule has 0 amide bonds. The lowest BCUT2D eigenvalue weighted by molar-refractivity contribution is 0.109. The smallest absolute Gasteiger partial charge is 0.166 e. The van der Waals surface area contributed by atoms with Crippen LogP contribution in [0.3, 0.4) is 0 Å². The molecule has 1 saturated carbocycles. The first-order chi connectivity index (χ1) is 6.90. The lowest BCUT2D eigenvalue weighted by Gasteiger charge is -2.05. The summed E-state index contributed by atoms with van der Waals surface area (Å²) in [4.78, 5) is 10.6. The van der Waals surface area contributed by atoms with Crippen molar-refractivity contribution in [1.82, 2.24) is 4.57 Å². The molecule has 0 aromatic carbocycles. The van der Waals surface area contributed by atoms with Gasteiger partial charge in [0.2, 0.25) is 0 Å². The van der Waals surface area contributed by atoms with Gasteiger partial charge in [-0.15, -0.1) is 0 Å². The maximum atomic E-state index is 10.6. The lowest BCUT2D eigenvalue weighted by atomic mass is 10.4. The van der Waals surface area contributed by atoms with Crippen molar-refractivity contribution in [3.8, 4) is 0 Å². The van der Waals surface area contributed by atoms with Crippen molar-refractivity contribution in [1.29, 1.82) is 0 Å². The van der Waals surface area contributed by atoms with Crippen molar-refractivity contribution < 1.29 is 9.53 Å². The van der Waals surface area contributed by atoms with Gasteiger partial charge < -0.3 is 9.30 Å². The zero-order valence-corrected chi connectivity index (χ0v) is 8.19. The van der Waals surface area contributed by atoms with Crippen LogP contribution in [0.1, 0.15) is 23.3 Å². The lowest BCUT2D eigenvalue weighted by Crippen LogP contribution is -2.08. The Morgan fingerprint density at radius 1 is 1.57 bits per heavy atom. The van der Waals surface area contributed by atoms with Crippen LogP contribution in [-0.2, 0) is 11.3 Å². The molecule has 1 aliphatic carbocycles. The summed E-state index contributed by atoms with van der Waals surface area (Å²) in [5.74, 6) is 0.810. The van der Waals surface area contributed by atoms with Crippen LogP contribution in [0.25, 0.3) is 0 Å². The SMILES string of the molecule is O=Cc1cccn1CCOCC1CC1. The van der Waals surface area contributed by atoms with Gasteiger partial charge >= 0.3 is 0 Å². The highest BCUT2D eigenvalue weighted by atomic mass is 16.5. The Bertz CT molecular complexity index is 302. The van der Waals surface area contributed by atoms with Gasteiger partial charge in [-0.25, -0.2) is 0 Å². The molecule has 0 N–H and O–H groups in total. The number of ether oxygens (including phenoxy) is 1. The molecule has 0 atom stereocenters. The van der Waals surface area contributed by atoms with E-state index in [1.54, 1.807) is 0 Å². The molecule has 0 unspecified atom stereocenters. The second-order valence-electron chi connectivity index (χ2n) is 3.76. The number of hydrogen-bond donors (Lipinski definition) is 0. The van der Waals surface area contributed by atoms with Crippen molar-refractivity contribution in [2.45, 2.75) is 19.4 Å². The third-order valence-electron chi connectivity index (χ3n) is 2.51. The quantitative estimate of drug-likeness (QED) is 0.509. The largest absolute Gasteiger partial charge is 0.379 e. The minimum absolute atomic E-state index is 0.700. The Balaban J connectivity index is 1.70. The van der Waals surface area contributed by atoms with Gasteiger partial charge in [-0.3, -0.25) is 4.79 Å². The zero-order valence-electron chi connectivity index (χ0n) is 8.19. The van der Waals surface area contributed by atoms with Crippen LogP contribution in [0.15, 0.2) is 18.3 Å². The molecule has 1 aromatic heterocycles. The van der Waals surface area contributed by atoms with Gasteiger partial charge in [-0.05, 0) is 30.9 Å². The van der Waals surface area contributed by atoms with Crippen LogP contribution in [0.5, 0.6) is 0 Å². The fourth-order valence-electron chi connectivity index (χ4n) is 1.44. The van der Waals surface area contributed by atoms with Crippen molar-refractivity contribution in [2.75, 3.05) is 13.2 Å². The van der Waals surface area contributed by atoms with E-state index in [9.17, 15) is 4.79 Å². The van der Waals surface area contributed by atoms with Crippen LogP contribution < -0.4 is 0 Å². The molecule has 14 heavy (non-hydrogen) atoms. The van der Waals surface area contributed by atoms with E-state index in [1.165, 1.54) is 12.8 Å². The van der Waals surface area contributed by atoms with E-state index >= 15 is 0 Å². The second kappa shape index (κ2) is 4.42. The van der Waals surface area contributed by atoms with Gasteiger partial charge in [-0.1, -0.05) is 0 Å². The first-order valence-electron chi connectivity index (χ1n) is 5.08. The van der Waals surface area contributed by atoms with E-state index < -0.39 is 0 Å². The molecule has 76 valence electrons. The first-order valence-corrected chi connectivity index (χ1v) is 5.08. The standard InChI is InChI=1S/C11H15NO2/c13-8-11-2-1-5-12(11)6-7-14-9-10-3-4-10/h1-2,5,8,10H,3-4,6-7,9H2. The monoisotopic (exact) mass is 193 g/mol. The number of aldehydes is 1. The minimum atomic E-state index is 0.700. The predicted molar refractivity (Wildman–Crippen MR) is 53.4 cm³/mol. The van der Waals surface area contributed by atoms with Crippen LogP contribution in [0.2, 0.25) is 0 Å². The van der Waals surface area contributed by atoms with Crippen LogP contribution in [0, 0.1) is 5.92 Å². The molecular formula is C11H15NO2. The molecule has 3 nitrogen and oxygen atoms in total. The third kappa shape index (κ3) is 2.45. The number of carbonyl (C=O) groups excluding carboxylic acids is 1. The van der Waals surface area contributed by atoms with Crippen molar-refractivity contribution in [2.24, 2.45) is 5.92 Å². The molecule has 1 fully saturated rings. The Morgan fingerprint density at radius 3 is 3.14 bits per heavy atom. The maximum Gasteiger partial charge on any atom is 0.166 e. The van der Waals surface area contributed by atoms with Gasteiger partial charge in [0.05, 0.1) is 12.3 Å². The molecule has 1 heterocycles. The molecule has 0 bridgehead atoms. The van der Waals surface area contributed by atoms with Gasteiger partial charge in [0.1, 0.15) is 0 Å². The molecule has 0 saturated heterocycles. The maximum absolute atomic E-state index is 10.6. The molecule has 1 aromatic rings. The van der Waals surface area contributed by atoms with Gasteiger partial charge in [0.15, 0.2) is 6.29 Å². The Kier molecular flexibility index (Phi) is 2.99. The summed E-state index contributed by atoms with van der Waals surface area (Å²) in [6.07, 6.45) is 5.43. The molecule has 0 spiro atoms. The van der Waals surface area contributed by atoms with Gasteiger partial charge in [0.25, 0.3) is 0 Å². The number of carbonyl (C=O) groups is 1. The Morgan fingerprint density at radius 2 is 2.43 bits per heavy atom. The predicted octanol–water partition coefficient (Wildman–Crippen LogP) is 1.73. The highest BCUT2D eigenvalue weighted by Gasteiger charge is 2.20. The topological polar surface area (TPSA) is 31.2 Å². The Labute approximate surface area is 83.7 Å². The highest BCUT2D eigenvalue weighted by Crippen LogP contribution is 2.28. The number of rotatable bonds is 6. The average molecular weight is 193 g/mol. The van der Waals surface area contributed by atoms with Crippen LogP contribution in [0.4, 0.5) is 0 Å². The summed E-state index contributed by atoms with van der Waals surface area (Å²) in [7, 11) is 0. The third-order valence-corrected chi connectivity index (χ3v) is 2.51. The molecule has 1 aliphatic rings. The molecular weight excluding hydrogens is 178 g/mol. The minimum Gasteiger partial charge on any atom is -0.379 e. The van der Waals surface area contributed by atoms with Crippen molar-refractivity contribution in [3.63, 3.8) is 0 Å². The van der Waals surface area contributed by atoms with E-state index in [0.717, 1.165) is 31.0 Å². The van der Waals surface area contributed by atoms with Crippen molar-refractivity contribution in [3.05, 3.63) is 24.0 Å². The number of nitrogens with zero attached hydrogens (tertiary/aromatic N) is 1. The molecule has 0 radical (unpaired) electrons. The Hall–Kier alpha value is -1.09. The summed E-state index contributed by atoms with van der Waals surface area (Å²) in [6.45, 7) is 2.36. The summed E-state index contributed by atoms with van der Waals surface area (Å²) in [6, 6.07) is 3.69. The first kappa shape index (κ1) is 9.46. The second-order valence-corrected chi connectivity index (χ2v) is 3.76. The van der Waals surface area contributed by atoms with E-state index in [2.05, 4.69) is 0 Å². The zero-order chi connectivity index (χ0) is 9.80. The van der Waals surface area contributed by atoms with Crippen molar-refractivity contribution >= 4 is 6.29 Å². The van der Waals surface area contributed by atoms with E-state index in [0.29, 0.717) is 6.61 Å². The molecule has 2 rings (SSSR count). The molecule has 3 heteroatoms. The average Bonchev–Trinajstić information content (AvgIpc) is 2.91. The summed E-state index contributed by atoms with van der Waals surface area (Å²) in [5, 5.41) is 0. The van der Waals surface area contributed by atoms with E-state index in [4.69, 9.17) is 4.74 Å². The number of hydrogen-bond acceptors (Lipinski definition) is 2. The van der Waals surface area contributed by atoms with Crippen LogP contribution in [-0.4, -0.2) is 24.1 Å². The fraction of sp³-hybridized carbons (Fsp3) is 0.545. The van der Waals surface area contributed by atoms with Gasteiger partial charge in [-0.2, -0.15) is 0 Å². The van der Waals surface area contributed by atoms with Gasteiger partial charge in [0, 0.05) is 19.3 Å². The highest BCUT2D eigenvalue weighted by molar-refractivity contribution is 5.72. The summed E-state index contributed by atoms with van der Waals surface area (Å²) >= 11 is 0. The fourth-order valence-corrected chi connectivity index (χ4v) is 1.44. The normalized spacial score (nSPS) is 15.7. The van der Waals surface area contributed by atoms with E-state index in [-0.39, 0.29) is 0 Å². The van der Waals surface area contributed by atoms with E-state index in [1.807, 2.05) is 22.9 Å². The number of aromatic nitrogens is 1. The summed E-state index contributed by atoms with van der Waals surface area (Å²) < 4.78 is 7.41. The molecule has 0 aliphatic heterocycles. The summed E-state index contributed by atoms with van der Waals surface area (Å²) in [5.41, 5.74) is 0.722.